The zero-order valence-corrected chi connectivity index (χ0v) is 27.2. The highest BCUT2D eigenvalue weighted by molar-refractivity contribution is 5.78. The summed E-state index contributed by atoms with van der Waals surface area (Å²) in [5.41, 5.74) is 0.0388. The highest BCUT2D eigenvalue weighted by Crippen LogP contribution is 2.75. The summed E-state index contributed by atoms with van der Waals surface area (Å²) in [6.07, 6.45) is -1.04. The van der Waals surface area contributed by atoms with Crippen molar-refractivity contribution in [1.29, 1.82) is 0 Å². The van der Waals surface area contributed by atoms with E-state index >= 15 is 0 Å². The lowest BCUT2D eigenvalue weighted by Crippen LogP contribution is -2.67. The highest BCUT2D eigenvalue weighted by atomic mass is 16.7. The van der Waals surface area contributed by atoms with E-state index in [0.29, 0.717) is 32.1 Å². The Hall–Kier alpha value is -1.82. The molecule has 0 amide bonds. The molecule has 0 radical (unpaired) electrons. The fraction of sp³-hybridized carbons (Fsp3) is 0.829. The van der Waals surface area contributed by atoms with E-state index in [9.17, 15) is 40.2 Å². The van der Waals surface area contributed by atoms with Crippen LogP contribution in [0.5, 0.6) is 0 Å². The van der Waals surface area contributed by atoms with Crippen LogP contribution >= 0.6 is 0 Å². The van der Waals surface area contributed by atoms with Gasteiger partial charge in [-0.2, -0.15) is 0 Å². The molecule has 0 bridgehead atoms. The van der Waals surface area contributed by atoms with Gasteiger partial charge in [0.15, 0.2) is 12.4 Å². The number of aliphatic carboxylic acids is 2. The summed E-state index contributed by atoms with van der Waals surface area (Å²) < 4.78 is 11.8. The zero-order valence-electron chi connectivity index (χ0n) is 27.2. The molecule has 252 valence electrons. The second-order valence-electron chi connectivity index (χ2n) is 16.6. The Morgan fingerprint density at radius 1 is 0.933 bits per heavy atom. The molecule has 0 aromatic carbocycles. The van der Waals surface area contributed by atoms with Crippen LogP contribution in [0.25, 0.3) is 0 Å². The second kappa shape index (κ2) is 10.6. The molecule has 10 heteroatoms. The second-order valence-corrected chi connectivity index (χ2v) is 16.6. The number of carbonyl (C=O) groups is 2. The number of fused-ring (bicyclic) bond motifs is 7. The molecular formula is C35H52O10. The van der Waals surface area contributed by atoms with Crippen LogP contribution in [0.4, 0.5) is 0 Å². The van der Waals surface area contributed by atoms with E-state index in [2.05, 4.69) is 47.3 Å². The van der Waals surface area contributed by atoms with Crippen molar-refractivity contribution in [3.63, 3.8) is 0 Å². The van der Waals surface area contributed by atoms with Gasteiger partial charge in [-0.1, -0.05) is 58.4 Å². The third-order valence-electron chi connectivity index (χ3n) is 14.5. The molecule has 6 rings (SSSR count). The third kappa shape index (κ3) is 4.35. The van der Waals surface area contributed by atoms with Crippen molar-refractivity contribution in [1.82, 2.24) is 0 Å². The van der Waals surface area contributed by atoms with E-state index in [1.54, 1.807) is 0 Å². The number of aliphatic hydroxyl groups is 4. The van der Waals surface area contributed by atoms with Gasteiger partial charge in [-0.3, -0.25) is 4.79 Å². The normalized spacial score (nSPS) is 52.4. The van der Waals surface area contributed by atoms with Gasteiger partial charge in [0.2, 0.25) is 0 Å². The lowest BCUT2D eigenvalue weighted by Gasteiger charge is -2.71. The van der Waals surface area contributed by atoms with Crippen LogP contribution in [-0.4, -0.2) is 85.5 Å². The Balaban J connectivity index is 1.30. The predicted octanol–water partition coefficient (Wildman–Crippen LogP) is 3.65. The molecule has 4 saturated carbocycles. The van der Waals surface area contributed by atoms with Crippen LogP contribution < -0.4 is 0 Å². The zero-order chi connectivity index (χ0) is 33.1. The van der Waals surface area contributed by atoms with E-state index in [1.807, 2.05) is 0 Å². The van der Waals surface area contributed by atoms with Crippen molar-refractivity contribution in [2.24, 2.45) is 44.8 Å². The molecule has 6 aliphatic rings. The van der Waals surface area contributed by atoms with Crippen molar-refractivity contribution >= 4 is 11.9 Å². The van der Waals surface area contributed by atoms with Crippen LogP contribution in [0.1, 0.15) is 92.4 Å². The summed E-state index contributed by atoms with van der Waals surface area (Å²) in [6, 6.07) is 0. The maximum absolute atomic E-state index is 12.8. The van der Waals surface area contributed by atoms with E-state index in [1.165, 1.54) is 5.57 Å². The molecule has 1 saturated heterocycles. The molecule has 1 aliphatic heterocycles. The third-order valence-corrected chi connectivity index (χ3v) is 14.5. The summed E-state index contributed by atoms with van der Waals surface area (Å²) >= 11 is 0. The summed E-state index contributed by atoms with van der Waals surface area (Å²) in [5.74, 6) is -2.11. The van der Waals surface area contributed by atoms with Gasteiger partial charge in [0.05, 0.1) is 12.2 Å². The topological polar surface area (TPSA) is 174 Å². The van der Waals surface area contributed by atoms with E-state index in [4.69, 9.17) is 9.47 Å². The van der Waals surface area contributed by atoms with Gasteiger partial charge >= 0.3 is 11.9 Å². The van der Waals surface area contributed by atoms with Crippen molar-refractivity contribution in [3.8, 4) is 0 Å². The number of carboxylic acid groups (broad SMARTS) is 2. The van der Waals surface area contributed by atoms with Gasteiger partial charge in [-0.05, 0) is 91.3 Å². The Morgan fingerprint density at radius 2 is 1.62 bits per heavy atom. The Bertz CT molecular complexity index is 1290. The molecule has 5 fully saturated rings. The summed E-state index contributed by atoms with van der Waals surface area (Å²) in [5, 5.41) is 63.0. The van der Waals surface area contributed by atoms with Gasteiger partial charge in [0.1, 0.15) is 23.7 Å². The van der Waals surface area contributed by atoms with E-state index in [0.717, 1.165) is 31.3 Å². The molecule has 0 aromatic rings. The van der Waals surface area contributed by atoms with E-state index < -0.39 is 59.6 Å². The van der Waals surface area contributed by atoms with Crippen LogP contribution in [0, 0.1) is 44.8 Å². The number of aliphatic hydroxyl groups excluding tert-OH is 4. The first-order chi connectivity index (χ1) is 20.9. The summed E-state index contributed by atoms with van der Waals surface area (Å²) in [4.78, 5) is 24.5. The maximum atomic E-state index is 12.8. The minimum Gasteiger partial charge on any atom is -0.481 e. The van der Waals surface area contributed by atoms with Crippen molar-refractivity contribution in [2.45, 2.75) is 135 Å². The Kier molecular flexibility index (Phi) is 7.79. The van der Waals surface area contributed by atoms with Crippen LogP contribution in [0.15, 0.2) is 23.8 Å². The molecule has 10 nitrogen and oxygen atoms in total. The highest BCUT2D eigenvalue weighted by Gasteiger charge is 2.71. The van der Waals surface area contributed by atoms with Gasteiger partial charge < -0.3 is 40.1 Å². The first-order valence-electron chi connectivity index (χ1n) is 16.7. The van der Waals surface area contributed by atoms with Gasteiger partial charge in [-0.15, -0.1) is 0 Å². The molecule has 5 aliphatic carbocycles. The molecule has 14 atom stereocenters. The largest absolute Gasteiger partial charge is 0.481 e. The average molecular weight is 633 g/mol. The van der Waals surface area contributed by atoms with Crippen LogP contribution in [-0.2, 0) is 19.1 Å². The Labute approximate surface area is 265 Å². The van der Waals surface area contributed by atoms with Crippen molar-refractivity contribution in [3.05, 3.63) is 23.8 Å². The number of rotatable bonds is 4. The summed E-state index contributed by atoms with van der Waals surface area (Å²) in [7, 11) is 0. The SMILES string of the molecule is C=C1CC[C@]2(C(=O)O)[C@@H](O)C[C@]3(C)C(=CC[C@@H]4[C@@]5(C)CC[C@H](O[C@@H]6O[C@H](C(=O)O)[C@@H](O)[C@H](O)[C@H]6O)C(C)(C)[C@H]5CC[C@]43C)[C@@H]2C1. The number of ether oxygens (including phenoxy) is 2. The van der Waals surface area contributed by atoms with Crippen molar-refractivity contribution < 1.29 is 49.7 Å². The van der Waals surface area contributed by atoms with Crippen LogP contribution in [0.3, 0.4) is 0 Å². The standard InChI is InChI=1S/C35H52O10/c1-17-9-14-35(30(42)43)19(15-17)18-7-8-21-32(4)12-11-23(44-29-26(39)24(37)25(38)27(45-29)28(40)41)31(2,3)20(32)10-13-33(21,5)34(18,6)16-22(35)36/h7,19-27,29,36-39H,1,8-16H2,2-6H3,(H,40,41)(H,42,43)/t19-,20+,21+,22-,23-,24-,25-,26+,27-,29+,32-,33+,34+,35+/m0/s1. The lowest BCUT2D eigenvalue weighted by atomic mass is 9.33. The Morgan fingerprint density at radius 3 is 2.27 bits per heavy atom. The minimum atomic E-state index is -1.77. The summed E-state index contributed by atoms with van der Waals surface area (Å²) in [6.45, 7) is 15.6. The average Bonchev–Trinajstić information content (AvgIpc) is 2.94. The number of allylic oxidation sites excluding steroid dienone is 3. The maximum Gasteiger partial charge on any atom is 0.335 e. The monoisotopic (exact) mass is 632 g/mol. The molecule has 0 unspecified atom stereocenters. The van der Waals surface area contributed by atoms with Gasteiger partial charge in [-0.25, -0.2) is 4.79 Å². The smallest absolute Gasteiger partial charge is 0.335 e. The first-order valence-corrected chi connectivity index (χ1v) is 16.7. The number of carboxylic acids is 2. The van der Waals surface area contributed by atoms with E-state index in [-0.39, 0.29) is 40.1 Å². The fourth-order valence-corrected chi connectivity index (χ4v) is 11.8. The molecule has 6 N–H and O–H groups in total. The number of hydrogen-bond donors (Lipinski definition) is 6. The fourth-order valence-electron chi connectivity index (χ4n) is 11.8. The molecular weight excluding hydrogens is 580 g/mol. The first kappa shape index (κ1) is 33.1. The molecule has 45 heavy (non-hydrogen) atoms. The van der Waals surface area contributed by atoms with Crippen LogP contribution in [0.2, 0.25) is 0 Å². The molecule has 0 aromatic heterocycles. The van der Waals surface area contributed by atoms with Crippen molar-refractivity contribution in [2.75, 3.05) is 0 Å². The van der Waals surface area contributed by atoms with Gasteiger partial charge in [0, 0.05) is 5.92 Å². The quantitative estimate of drug-likeness (QED) is 0.198. The molecule has 1 heterocycles. The predicted molar refractivity (Wildman–Crippen MR) is 163 cm³/mol. The number of hydrogen-bond acceptors (Lipinski definition) is 8. The minimum absolute atomic E-state index is 0.102. The lowest BCUT2D eigenvalue weighted by molar-refractivity contribution is -0.324. The molecule has 0 spiro atoms. The van der Waals surface area contributed by atoms with Gasteiger partial charge in [0.25, 0.3) is 0 Å².